The molecule has 0 aliphatic carbocycles. The summed E-state index contributed by atoms with van der Waals surface area (Å²) < 4.78 is 0. The molecule has 0 aromatic heterocycles. The molecule has 18 heavy (non-hydrogen) atoms. The van der Waals surface area contributed by atoms with E-state index >= 15 is 0 Å². The van der Waals surface area contributed by atoms with Crippen LogP contribution in [0, 0.1) is 0 Å². The van der Waals surface area contributed by atoms with Crippen molar-refractivity contribution in [2.24, 2.45) is 0 Å². The lowest BCUT2D eigenvalue weighted by molar-refractivity contribution is -0.131. The van der Waals surface area contributed by atoms with Crippen molar-refractivity contribution < 1.29 is 14.7 Å². The van der Waals surface area contributed by atoms with Gasteiger partial charge in [-0.15, -0.1) is 0 Å². The minimum absolute atomic E-state index is 0.129. The molecule has 1 aromatic carbocycles. The van der Waals surface area contributed by atoms with Gasteiger partial charge in [0.2, 0.25) is 5.91 Å². The van der Waals surface area contributed by atoms with Crippen molar-refractivity contribution in [1.29, 1.82) is 0 Å². The van der Waals surface area contributed by atoms with E-state index in [1.165, 1.54) is 0 Å². The van der Waals surface area contributed by atoms with Gasteiger partial charge in [-0.1, -0.05) is 29.8 Å². The highest BCUT2D eigenvalue weighted by molar-refractivity contribution is 6.31. The molecule has 96 valence electrons. The van der Waals surface area contributed by atoms with Crippen molar-refractivity contribution in [2.45, 2.75) is 19.4 Å². The number of carbonyl (C=O) groups excluding carboxylic acids is 1. The summed E-state index contributed by atoms with van der Waals surface area (Å²) in [6.45, 7) is 1.83. The van der Waals surface area contributed by atoms with Crippen LogP contribution in [-0.2, 0) is 16.0 Å². The monoisotopic (exact) mass is 267 g/mol. The number of rotatable bonds is 5. The van der Waals surface area contributed by atoms with E-state index in [2.05, 4.69) is 5.32 Å². The third-order valence-electron chi connectivity index (χ3n) is 2.25. The zero-order chi connectivity index (χ0) is 13.5. The van der Waals surface area contributed by atoms with E-state index in [9.17, 15) is 9.59 Å². The minimum atomic E-state index is -1.15. The highest BCUT2D eigenvalue weighted by Gasteiger charge is 2.08. The van der Waals surface area contributed by atoms with Crippen LogP contribution in [0.25, 0.3) is 0 Å². The van der Waals surface area contributed by atoms with Gasteiger partial charge in [0.1, 0.15) is 0 Å². The summed E-state index contributed by atoms with van der Waals surface area (Å²) in [6, 6.07) is 7.26. The molecule has 0 aliphatic heterocycles. The van der Waals surface area contributed by atoms with Crippen LogP contribution in [-0.4, -0.2) is 23.0 Å². The van der Waals surface area contributed by atoms with E-state index in [0.29, 0.717) is 11.4 Å². The van der Waals surface area contributed by atoms with Crippen molar-refractivity contribution >= 4 is 23.5 Å². The Morgan fingerprint density at radius 2 is 2.06 bits per heavy atom. The molecule has 0 fully saturated rings. The molecule has 2 N–H and O–H groups in total. The summed E-state index contributed by atoms with van der Waals surface area (Å²) in [4.78, 5) is 21.6. The lowest BCUT2D eigenvalue weighted by Gasteiger charge is -2.13. The fourth-order valence-corrected chi connectivity index (χ4v) is 1.70. The quantitative estimate of drug-likeness (QED) is 0.802. The molecule has 1 aromatic rings. The first kappa shape index (κ1) is 14.3. The van der Waals surface area contributed by atoms with E-state index in [-0.39, 0.29) is 6.04 Å². The molecular weight excluding hydrogens is 254 g/mol. The van der Waals surface area contributed by atoms with E-state index in [1.54, 1.807) is 6.07 Å². The standard InChI is InChI=1S/C13H14ClNO3/c1-9(15-12(16)6-7-13(17)18)8-10-4-2-3-5-11(10)14/h2-7,9H,8H2,1H3,(H,15,16)(H,17,18)/b7-6+. The SMILES string of the molecule is CC(Cc1ccccc1Cl)NC(=O)/C=C/C(=O)O. The number of benzene rings is 1. The van der Waals surface area contributed by atoms with Gasteiger partial charge < -0.3 is 10.4 Å². The summed E-state index contributed by atoms with van der Waals surface area (Å²) in [6.07, 6.45) is 2.38. The second-order valence-electron chi connectivity index (χ2n) is 3.88. The van der Waals surface area contributed by atoms with Crippen LogP contribution in [0.1, 0.15) is 12.5 Å². The van der Waals surface area contributed by atoms with Crippen LogP contribution in [0.4, 0.5) is 0 Å². The second kappa shape index (κ2) is 6.81. The van der Waals surface area contributed by atoms with Crippen LogP contribution in [0.3, 0.4) is 0 Å². The zero-order valence-electron chi connectivity index (χ0n) is 9.89. The molecule has 0 spiro atoms. The lowest BCUT2D eigenvalue weighted by Crippen LogP contribution is -2.32. The fraction of sp³-hybridized carbons (Fsp3) is 0.231. The smallest absolute Gasteiger partial charge is 0.328 e. The molecule has 0 bridgehead atoms. The molecule has 0 aliphatic rings. The molecule has 1 atom stereocenters. The number of carboxylic acids is 1. The molecular formula is C13H14ClNO3. The number of aliphatic carboxylic acids is 1. The van der Waals surface area contributed by atoms with Crippen LogP contribution in [0.2, 0.25) is 5.02 Å². The Labute approximate surface area is 110 Å². The van der Waals surface area contributed by atoms with Gasteiger partial charge in [-0.25, -0.2) is 4.79 Å². The Hall–Kier alpha value is -1.81. The number of nitrogens with one attached hydrogen (secondary N) is 1. The molecule has 1 amide bonds. The normalized spacial score (nSPS) is 12.3. The second-order valence-corrected chi connectivity index (χ2v) is 4.28. The third-order valence-corrected chi connectivity index (χ3v) is 2.62. The first-order chi connectivity index (χ1) is 8.49. The van der Waals surface area contributed by atoms with E-state index in [4.69, 9.17) is 16.7 Å². The molecule has 0 radical (unpaired) electrons. The van der Waals surface area contributed by atoms with Crippen LogP contribution >= 0.6 is 11.6 Å². The van der Waals surface area contributed by atoms with Gasteiger partial charge in [-0.3, -0.25) is 4.79 Å². The highest BCUT2D eigenvalue weighted by Crippen LogP contribution is 2.16. The lowest BCUT2D eigenvalue weighted by atomic mass is 10.1. The molecule has 5 heteroatoms. The average molecular weight is 268 g/mol. The predicted molar refractivity (Wildman–Crippen MR) is 69.5 cm³/mol. The minimum Gasteiger partial charge on any atom is -0.478 e. The first-order valence-electron chi connectivity index (χ1n) is 5.44. The molecule has 1 unspecified atom stereocenters. The number of amides is 1. The topological polar surface area (TPSA) is 66.4 Å². The zero-order valence-corrected chi connectivity index (χ0v) is 10.6. The maximum atomic E-state index is 11.3. The Morgan fingerprint density at radius 3 is 2.67 bits per heavy atom. The fourth-order valence-electron chi connectivity index (χ4n) is 1.48. The maximum absolute atomic E-state index is 11.3. The van der Waals surface area contributed by atoms with Crippen LogP contribution in [0.5, 0.6) is 0 Å². The van der Waals surface area contributed by atoms with Crippen molar-refractivity contribution in [2.75, 3.05) is 0 Å². The Morgan fingerprint density at radius 1 is 1.39 bits per heavy atom. The Balaban J connectivity index is 2.52. The van der Waals surface area contributed by atoms with Gasteiger partial charge in [0.05, 0.1) is 0 Å². The third kappa shape index (κ3) is 5.01. The number of carbonyl (C=O) groups is 2. The summed E-state index contributed by atoms with van der Waals surface area (Å²) >= 11 is 6.00. The average Bonchev–Trinajstić information content (AvgIpc) is 2.29. The van der Waals surface area contributed by atoms with Crippen molar-refractivity contribution in [1.82, 2.24) is 5.32 Å². The van der Waals surface area contributed by atoms with E-state index in [0.717, 1.165) is 17.7 Å². The number of hydrogen-bond acceptors (Lipinski definition) is 2. The van der Waals surface area contributed by atoms with Gasteiger partial charge in [0.25, 0.3) is 0 Å². The van der Waals surface area contributed by atoms with Crippen molar-refractivity contribution in [3.05, 3.63) is 47.0 Å². The Kier molecular flexibility index (Phi) is 5.39. The molecule has 0 saturated carbocycles. The predicted octanol–water partition coefficient (Wildman–Crippen LogP) is 2.03. The summed E-state index contributed by atoms with van der Waals surface area (Å²) in [5.74, 6) is -1.58. The molecule has 0 saturated heterocycles. The van der Waals surface area contributed by atoms with Crippen LogP contribution in [0.15, 0.2) is 36.4 Å². The Bertz CT molecular complexity index is 471. The molecule has 4 nitrogen and oxygen atoms in total. The van der Waals surface area contributed by atoms with E-state index in [1.807, 2.05) is 25.1 Å². The van der Waals surface area contributed by atoms with Gasteiger partial charge in [0, 0.05) is 23.2 Å². The largest absolute Gasteiger partial charge is 0.478 e. The van der Waals surface area contributed by atoms with Gasteiger partial charge in [-0.2, -0.15) is 0 Å². The van der Waals surface area contributed by atoms with Gasteiger partial charge in [-0.05, 0) is 25.0 Å². The van der Waals surface area contributed by atoms with Gasteiger partial charge in [0.15, 0.2) is 0 Å². The molecule has 1 rings (SSSR count). The van der Waals surface area contributed by atoms with Crippen molar-refractivity contribution in [3.8, 4) is 0 Å². The number of hydrogen-bond donors (Lipinski definition) is 2. The van der Waals surface area contributed by atoms with Crippen LogP contribution < -0.4 is 5.32 Å². The molecule has 0 heterocycles. The first-order valence-corrected chi connectivity index (χ1v) is 5.81. The summed E-state index contributed by atoms with van der Waals surface area (Å²) in [5.41, 5.74) is 0.939. The number of halogens is 1. The summed E-state index contributed by atoms with van der Waals surface area (Å²) in [5, 5.41) is 11.7. The maximum Gasteiger partial charge on any atom is 0.328 e. The number of carboxylic acid groups (broad SMARTS) is 1. The van der Waals surface area contributed by atoms with E-state index < -0.39 is 11.9 Å². The highest BCUT2D eigenvalue weighted by atomic mass is 35.5. The van der Waals surface area contributed by atoms with Crippen molar-refractivity contribution in [3.63, 3.8) is 0 Å². The van der Waals surface area contributed by atoms with Gasteiger partial charge >= 0.3 is 5.97 Å². The summed E-state index contributed by atoms with van der Waals surface area (Å²) in [7, 11) is 0.